The molecular weight excluding hydrogens is 224 g/mol. The molecule has 4 heteroatoms. The highest BCUT2D eigenvalue weighted by atomic mass is 35.5. The molecule has 0 saturated carbocycles. The van der Waals surface area contributed by atoms with Crippen molar-refractivity contribution in [1.29, 1.82) is 0 Å². The Bertz CT molecular complexity index is 390. The Labute approximate surface area is 100 Å². The molecule has 1 saturated heterocycles. The SMILES string of the molecule is C[C@H](NC(=O)C1CNC1)c1cccc(Cl)c1. The van der Waals surface area contributed by atoms with Gasteiger partial charge in [-0.1, -0.05) is 23.7 Å². The van der Waals surface area contributed by atoms with Crippen molar-refractivity contribution in [2.75, 3.05) is 13.1 Å². The van der Waals surface area contributed by atoms with Gasteiger partial charge in [0.05, 0.1) is 12.0 Å². The normalized spacial score (nSPS) is 17.6. The largest absolute Gasteiger partial charge is 0.349 e. The van der Waals surface area contributed by atoms with Crippen molar-refractivity contribution in [3.05, 3.63) is 34.9 Å². The van der Waals surface area contributed by atoms with E-state index < -0.39 is 0 Å². The first-order valence-corrected chi connectivity index (χ1v) is 5.81. The Balaban J connectivity index is 1.96. The summed E-state index contributed by atoms with van der Waals surface area (Å²) in [6.07, 6.45) is 0. The van der Waals surface area contributed by atoms with Crippen LogP contribution in [-0.2, 0) is 4.79 Å². The fourth-order valence-electron chi connectivity index (χ4n) is 1.66. The molecule has 0 unspecified atom stereocenters. The number of carbonyl (C=O) groups is 1. The standard InChI is InChI=1S/C12H15ClN2O/c1-8(9-3-2-4-11(13)5-9)15-12(16)10-6-14-7-10/h2-5,8,10,14H,6-7H2,1H3,(H,15,16)/t8-/m0/s1. The molecule has 1 atom stereocenters. The average Bonchev–Trinajstić information content (AvgIpc) is 2.14. The molecule has 2 N–H and O–H groups in total. The second-order valence-electron chi connectivity index (χ2n) is 4.14. The third kappa shape index (κ3) is 2.54. The van der Waals surface area contributed by atoms with Crippen molar-refractivity contribution in [3.63, 3.8) is 0 Å². The van der Waals surface area contributed by atoms with Crippen molar-refractivity contribution >= 4 is 17.5 Å². The number of benzene rings is 1. The average molecular weight is 239 g/mol. The van der Waals surface area contributed by atoms with Crippen LogP contribution in [0.3, 0.4) is 0 Å². The molecule has 1 aliphatic rings. The second kappa shape index (κ2) is 4.85. The van der Waals surface area contributed by atoms with E-state index >= 15 is 0 Å². The summed E-state index contributed by atoms with van der Waals surface area (Å²) in [5.74, 6) is 0.243. The maximum Gasteiger partial charge on any atom is 0.226 e. The van der Waals surface area contributed by atoms with Crippen LogP contribution in [0, 0.1) is 5.92 Å². The van der Waals surface area contributed by atoms with Gasteiger partial charge in [-0.3, -0.25) is 4.79 Å². The van der Waals surface area contributed by atoms with Gasteiger partial charge in [0.15, 0.2) is 0 Å². The van der Waals surface area contributed by atoms with Gasteiger partial charge in [0.2, 0.25) is 5.91 Å². The molecule has 1 heterocycles. The quantitative estimate of drug-likeness (QED) is 0.842. The summed E-state index contributed by atoms with van der Waals surface area (Å²) in [6.45, 7) is 3.54. The molecule has 1 aromatic carbocycles. The summed E-state index contributed by atoms with van der Waals surface area (Å²) >= 11 is 5.90. The van der Waals surface area contributed by atoms with E-state index in [1.54, 1.807) is 0 Å². The maximum absolute atomic E-state index is 11.7. The molecule has 3 nitrogen and oxygen atoms in total. The molecule has 1 aliphatic heterocycles. The third-order valence-corrected chi connectivity index (χ3v) is 3.09. The molecule has 0 radical (unpaired) electrons. The van der Waals surface area contributed by atoms with Gasteiger partial charge in [-0.15, -0.1) is 0 Å². The van der Waals surface area contributed by atoms with Crippen molar-refractivity contribution in [1.82, 2.24) is 10.6 Å². The first kappa shape index (κ1) is 11.4. The Morgan fingerprint density at radius 1 is 1.56 bits per heavy atom. The number of hydrogen-bond acceptors (Lipinski definition) is 2. The van der Waals surface area contributed by atoms with E-state index in [-0.39, 0.29) is 17.9 Å². The molecular formula is C12H15ClN2O. The van der Waals surface area contributed by atoms with Crippen LogP contribution in [0.15, 0.2) is 24.3 Å². The van der Waals surface area contributed by atoms with E-state index in [1.165, 1.54) is 0 Å². The Kier molecular flexibility index (Phi) is 3.46. The molecule has 16 heavy (non-hydrogen) atoms. The summed E-state index contributed by atoms with van der Waals surface area (Å²) in [5, 5.41) is 6.77. The summed E-state index contributed by atoms with van der Waals surface area (Å²) in [6, 6.07) is 7.58. The number of amides is 1. The predicted molar refractivity (Wildman–Crippen MR) is 64.4 cm³/mol. The van der Waals surface area contributed by atoms with Gasteiger partial charge in [0, 0.05) is 18.1 Å². The number of nitrogens with one attached hydrogen (secondary N) is 2. The van der Waals surface area contributed by atoms with Crippen molar-refractivity contribution in [2.24, 2.45) is 5.92 Å². The lowest BCUT2D eigenvalue weighted by atomic mass is 10.0. The highest BCUT2D eigenvalue weighted by molar-refractivity contribution is 6.30. The monoisotopic (exact) mass is 238 g/mol. The van der Waals surface area contributed by atoms with Crippen LogP contribution in [0.5, 0.6) is 0 Å². The van der Waals surface area contributed by atoms with E-state index in [0.29, 0.717) is 5.02 Å². The Morgan fingerprint density at radius 3 is 2.88 bits per heavy atom. The minimum absolute atomic E-state index is 0.00630. The summed E-state index contributed by atoms with van der Waals surface area (Å²) in [7, 11) is 0. The third-order valence-electron chi connectivity index (χ3n) is 2.86. The molecule has 1 fully saturated rings. The lowest BCUT2D eigenvalue weighted by Crippen LogP contribution is -2.51. The molecule has 1 aromatic rings. The first-order valence-electron chi connectivity index (χ1n) is 5.43. The van der Waals surface area contributed by atoms with Crippen LogP contribution in [0.4, 0.5) is 0 Å². The smallest absolute Gasteiger partial charge is 0.226 e. The van der Waals surface area contributed by atoms with Crippen LogP contribution in [0.25, 0.3) is 0 Å². The van der Waals surface area contributed by atoms with Crippen LogP contribution in [-0.4, -0.2) is 19.0 Å². The molecule has 0 aliphatic carbocycles. The lowest BCUT2D eigenvalue weighted by molar-refractivity contribution is -0.127. The van der Waals surface area contributed by atoms with Crippen LogP contribution < -0.4 is 10.6 Å². The zero-order valence-corrected chi connectivity index (χ0v) is 9.92. The van der Waals surface area contributed by atoms with Crippen LogP contribution in [0.2, 0.25) is 5.02 Å². The van der Waals surface area contributed by atoms with E-state index in [1.807, 2.05) is 31.2 Å². The highest BCUT2D eigenvalue weighted by Crippen LogP contribution is 2.18. The molecule has 2 rings (SSSR count). The Hall–Kier alpha value is -1.06. The van der Waals surface area contributed by atoms with Gasteiger partial charge in [0.25, 0.3) is 0 Å². The molecule has 86 valence electrons. The number of halogens is 1. The second-order valence-corrected chi connectivity index (χ2v) is 4.58. The number of hydrogen-bond donors (Lipinski definition) is 2. The fourth-order valence-corrected chi connectivity index (χ4v) is 1.86. The van der Waals surface area contributed by atoms with Gasteiger partial charge in [-0.25, -0.2) is 0 Å². The predicted octanol–water partition coefficient (Wildman–Crippen LogP) is 1.74. The number of rotatable bonds is 3. The molecule has 1 amide bonds. The van der Waals surface area contributed by atoms with Gasteiger partial charge in [-0.05, 0) is 24.6 Å². The van der Waals surface area contributed by atoms with Crippen LogP contribution in [0.1, 0.15) is 18.5 Å². The van der Waals surface area contributed by atoms with E-state index in [2.05, 4.69) is 10.6 Å². The number of carbonyl (C=O) groups excluding carboxylic acids is 1. The van der Waals surface area contributed by atoms with E-state index in [4.69, 9.17) is 11.6 Å². The molecule has 0 aromatic heterocycles. The van der Waals surface area contributed by atoms with Gasteiger partial charge < -0.3 is 10.6 Å². The zero-order chi connectivity index (χ0) is 11.5. The van der Waals surface area contributed by atoms with E-state index in [9.17, 15) is 4.79 Å². The topological polar surface area (TPSA) is 41.1 Å². The molecule has 0 bridgehead atoms. The Morgan fingerprint density at radius 2 is 2.31 bits per heavy atom. The van der Waals surface area contributed by atoms with Gasteiger partial charge >= 0.3 is 0 Å². The summed E-state index contributed by atoms with van der Waals surface area (Å²) in [4.78, 5) is 11.7. The molecule has 0 spiro atoms. The minimum Gasteiger partial charge on any atom is -0.349 e. The summed E-state index contributed by atoms with van der Waals surface area (Å²) < 4.78 is 0. The highest BCUT2D eigenvalue weighted by Gasteiger charge is 2.25. The maximum atomic E-state index is 11.7. The van der Waals surface area contributed by atoms with E-state index in [0.717, 1.165) is 18.7 Å². The first-order chi connectivity index (χ1) is 7.66. The summed E-state index contributed by atoms with van der Waals surface area (Å²) in [5.41, 5.74) is 1.04. The van der Waals surface area contributed by atoms with Crippen LogP contribution >= 0.6 is 11.6 Å². The van der Waals surface area contributed by atoms with Gasteiger partial charge in [-0.2, -0.15) is 0 Å². The van der Waals surface area contributed by atoms with Gasteiger partial charge in [0.1, 0.15) is 0 Å². The lowest BCUT2D eigenvalue weighted by Gasteiger charge is -2.27. The van der Waals surface area contributed by atoms with Crippen molar-refractivity contribution < 1.29 is 4.79 Å². The zero-order valence-electron chi connectivity index (χ0n) is 9.16. The van der Waals surface area contributed by atoms with Crippen molar-refractivity contribution in [2.45, 2.75) is 13.0 Å². The van der Waals surface area contributed by atoms with Crippen molar-refractivity contribution in [3.8, 4) is 0 Å². The fraction of sp³-hybridized carbons (Fsp3) is 0.417. The minimum atomic E-state index is 0.00630.